The Kier molecular flexibility index (Phi) is 8.56. The summed E-state index contributed by atoms with van der Waals surface area (Å²) in [4.78, 5) is 8.74. The first kappa shape index (κ1) is 20.9. The number of nitrogens with zero attached hydrogens (tertiary/aromatic N) is 5. The number of fused-ring (bicyclic) bond motifs is 1. The zero-order valence-electron chi connectivity index (χ0n) is 14.9. The second-order valence-corrected chi connectivity index (χ2v) is 6.39. The lowest BCUT2D eigenvalue weighted by Gasteiger charge is -2.14. The molecule has 26 heavy (non-hydrogen) atoms. The highest BCUT2D eigenvalue weighted by molar-refractivity contribution is 14.0. The van der Waals surface area contributed by atoms with E-state index >= 15 is 0 Å². The second kappa shape index (κ2) is 10.7. The van der Waals surface area contributed by atoms with Crippen molar-refractivity contribution in [2.45, 2.75) is 45.7 Å². The third-order valence-electron chi connectivity index (χ3n) is 4.15. The summed E-state index contributed by atoms with van der Waals surface area (Å²) in [6.07, 6.45) is 6.07. The van der Waals surface area contributed by atoms with Crippen molar-refractivity contribution in [1.29, 1.82) is 0 Å². The summed E-state index contributed by atoms with van der Waals surface area (Å²) in [5, 5.41) is 15.7. The minimum absolute atomic E-state index is 0. The average molecular weight is 490 g/mol. The maximum absolute atomic E-state index is 5.81. The van der Waals surface area contributed by atoms with Crippen molar-refractivity contribution in [3.05, 3.63) is 40.7 Å². The van der Waals surface area contributed by atoms with Crippen LogP contribution in [0.15, 0.2) is 23.3 Å². The van der Waals surface area contributed by atoms with Gasteiger partial charge in [0.2, 0.25) is 0 Å². The summed E-state index contributed by atoms with van der Waals surface area (Å²) in [6, 6.07) is 3.80. The Hall–Kier alpha value is -1.42. The minimum atomic E-state index is 0. The molecule has 3 heterocycles. The van der Waals surface area contributed by atoms with Gasteiger partial charge in [0.25, 0.3) is 0 Å². The average Bonchev–Trinajstić information content (AvgIpc) is 3.04. The largest absolute Gasteiger partial charge is 0.357 e. The number of aromatic nitrogens is 4. The van der Waals surface area contributed by atoms with E-state index in [0.29, 0.717) is 11.7 Å². The van der Waals surface area contributed by atoms with Crippen molar-refractivity contribution in [1.82, 2.24) is 30.4 Å². The third kappa shape index (κ3) is 5.80. The second-order valence-electron chi connectivity index (χ2n) is 6.00. The maximum atomic E-state index is 5.81. The van der Waals surface area contributed by atoms with E-state index in [9.17, 15) is 0 Å². The van der Waals surface area contributed by atoms with Gasteiger partial charge in [0.05, 0.1) is 0 Å². The molecule has 0 atom stereocenters. The number of guanidine groups is 1. The van der Waals surface area contributed by atoms with E-state index in [1.54, 1.807) is 6.20 Å². The number of nitrogens with one attached hydrogen (secondary N) is 2. The van der Waals surface area contributed by atoms with E-state index in [-0.39, 0.29) is 24.0 Å². The van der Waals surface area contributed by atoms with Gasteiger partial charge in [-0.05, 0) is 37.8 Å². The molecular formula is C17H25ClIN7. The highest BCUT2D eigenvalue weighted by Crippen LogP contribution is 2.14. The van der Waals surface area contributed by atoms with Crippen LogP contribution in [0.4, 0.5) is 0 Å². The van der Waals surface area contributed by atoms with Crippen LogP contribution in [0.3, 0.4) is 0 Å². The van der Waals surface area contributed by atoms with Gasteiger partial charge in [-0.2, -0.15) is 0 Å². The van der Waals surface area contributed by atoms with Crippen molar-refractivity contribution < 1.29 is 0 Å². The van der Waals surface area contributed by atoms with Crippen LogP contribution in [0.5, 0.6) is 0 Å². The molecule has 0 spiro atoms. The Balaban J connectivity index is 0.00000243. The van der Waals surface area contributed by atoms with E-state index in [1.807, 2.05) is 12.1 Å². The highest BCUT2D eigenvalue weighted by atomic mass is 127. The van der Waals surface area contributed by atoms with Gasteiger partial charge in [0.15, 0.2) is 11.8 Å². The highest BCUT2D eigenvalue weighted by Gasteiger charge is 2.15. The molecule has 2 aromatic heterocycles. The topological polar surface area (TPSA) is 80.0 Å². The summed E-state index contributed by atoms with van der Waals surface area (Å²) in [5.74, 6) is 2.82. The Bertz CT molecular complexity index is 714. The first-order valence-corrected chi connectivity index (χ1v) is 9.17. The Morgan fingerprint density at radius 2 is 2.15 bits per heavy atom. The summed E-state index contributed by atoms with van der Waals surface area (Å²) in [6.45, 7) is 5.17. The monoisotopic (exact) mass is 489 g/mol. The van der Waals surface area contributed by atoms with Gasteiger partial charge in [-0.25, -0.2) is 9.98 Å². The Morgan fingerprint density at radius 3 is 2.92 bits per heavy atom. The number of hydrogen-bond acceptors (Lipinski definition) is 4. The number of hydrogen-bond donors (Lipinski definition) is 2. The minimum Gasteiger partial charge on any atom is -0.357 e. The molecule has 0 unspecified atom stereocenters. The molecule has 0 amide bonds. The third-order valence-corrected chi connectivity index (χ3v) is 4.38. The SMILES string of the molecule is CCNC(=NCc1nnc2n1CCCC2)NCCc1ccc(Cl)nc1.I. The van der Waals surface area contributed by atoms with E-state index < -0.39 is 0 Å². The summed E-state index contributed by atoms with van der Waals surface area (Å²) in [7, 11) is 0. The number of aliphatic imine (C=N–C) groups is 1. The molecule has 0 fully saturated rings. The molecule has 142 valence electrons. The molecule has 1 aliphatic heterocycles. The smallest absolute Gasteiger partial charge is 0.191 e. The lowest BCUT2D eigenvalue weighted by molar-refractivity contribution is 0.508. The summed E-state index contributed by atoms with van der Waals surface area (Å²) in [5.41, 5.74) is 1.14. The van der Waals surface area contributed by atoms with Gasteiger partial charge in [0.1, 0.15) is 17.5 Å². The number of rotatable bonds is 6. The van der Waals surface area contributed by atoms with Crippen LogP contribution in [0, 0.1) is 0 Å². The van der Waals surface area contributed by atoms with Gasteiger partial charge in [-0.1, -0.05) is 17.7 Å². The van der Waals surface area contributed by atoms with Crippen molar-refractivity contribution >= 4 is 41.5 Å². The van der Waals surface area contributed by atoms with Crippen molar-refractivity contribution in [2.75, 3.05) is 13.1 Å². The number of aryl methyl sites for hydroxylation is 1. The zero-order chi connectivity index (χ0) is 17.5. The van der Waals surface area contributed by atoms with Crippen molar-refractivity contribution in [3.8, 4) is 0 Å². The Morgan fingerprint density at radius 1 is 1.27 bits per heavy atom. The molecule has 0 bridgehead atoms. The number of pyridine rings is 1. The van der Waals surface area contributed by atoms with Gasteiger partial charge < -0.3 is 15.2 Å². The molecule has 9 heteroatoms. The predicted molar refractivity (Wildman–Crippen MR) is 114 cm³/mol. The molecule has 0 aliphatic carbocycles. The fourth-order valence-electron chi connectivity index (χ4n) is 2.86. The maximum Gasteiger partial charge on any atom is 0.191 e. The molecule has 0 saturated heterocycles. The van der Waals surface area contributed by atoms with Gasteiger partial charge in [-0.3, -0.25) is 0 Å². The fraction of sp³-hybridized carbons (Fsp3) is 0.529. The van der Waals surface area contributed by atoms with Crippen LogP contribution in [0.2, 0.25) is 5.15 Å². The molecule has 2 aromatic rings. The van der Waals surface area contributed by atoms with Crippen LogP contribution >= 0.6 is 35.6 Å². The van der Waals surface area contributed by atoms with Crippen LogP contribution in [-0.2, 0) is 25.9 Å². The first-order chi connectivity index (χ1) is 12.3. The molecule has 1 aliphatic rings. The lowest BCUT2D eigenvalue weighted by Crippen LogP contribution is -2.38. The summed E-state index contributed by atoms with van der Waals surface area (Å²) >= 11 is 5.81. The van der Waals surface area contributed by atoms with E-state index in [1.165, 1.54) is 12.8 Å². The van der Waals surface area contributed by atoms with Crippen LogP contribution in [0.1, 0.15) is 37.0 Å². The quantitative estimate of drug-likeness (QED) is 0.282. The first-order valence-electron chi connectivity index (χ1n) is 8.80. The standard InChI is InChI=1S/C17H24ClN7.HI/c1-2-19-17(20-9-8-13-6-7-14(18)21-11-13)22-12-16-24-23-15-5-3-4-10-25(15)16;/h6-7,11H,2-5,8-10,12H2,1H3,(H2,19,20,22);1H. The van der Waals surface area contributed by atoms with Crippen molar-refractivity contribution in [3.63, 3.8) is 0 Å². The summed E-state index contributed by atoms with van der Waals surface area (Å²) < 4.78 is 2.20. The molecular weight excluding hydrogens is 465 g/mol. The molecule has 7 nitrogen and oxygen atoms in total. The van der Waals surface area contributed by atoms with Gasteiger partial charge >= 0.3 is 0 Å². The lowest BCUT2D eigenvalue weighted by atomic mass is 10.2. The van der Waals surface area contributed by atoms with Crippen LogP contribution in [-0.4, -0.2) is 38.8 Å². The van der Waals surface area contributed by atoms with Crippen molar-refractivity contribution in [2.24, 2.45) is 4.99 Å². The van der Waals surface area contributed by atoms with E-state index in [0.717, 1.165) is 55.6 Å². The molecule has 2 N–H and O–H groups in total. The van der Waals surface area contributed by atoms with Crippen LogP contribution in [0.25, 0.3) is 0 Å². The Labute approximate surface area is 176 Å². The fourth-order valence-corrected chi connectivity index (χ4v) is 2.97. The molecule has 0 aromatic carbocycles. The molecule has 0 radical (unpaired) electrons. The zero-order valence-corrected chi connectivity index (χ0v) is 18.0. The van der Waals surface area contributed by atoms with Gasteiger partial charge in [-0.15, -0.1) is 34.2 Å². The van der Waals surface area contributed by atoms with Gasteiger partial charge in [0, 0.05) is 32.3 Å². The molecule has 0 saturated carbocycles. The normalized spacial score (nSPS) is 13.7. The van der Waals surface area contributed by atoms with Crippen LogP contribution < -0.4 is 10.6 Å². The van der Waals surface area contributed by atoms with E-state index in [2.05, 4.69) is 42.3 Å². The molecule has 3 rings (SSSR count). The van der Waals surface area contributed by atoms with E-state index in [4.69, 9.17) is 11.6 Å². The predicted octanol–water partition coefficient (Wildman–Crippen LogP) is 2.58. The number of halogens is 2.